The van der Waals surface area contributed by atoms with Crippen LogP contribution >= 0.6 is 11.6 Å². The van der Waals surface area contributed by atoms with Crippen molar-refractivity contribution in [3.05, 3.63) is 59.1 Å². The van der Waals surface area contributed by atoms with Gasteiger partial charge in [0.15, 0.2) is 0 Å². The number of halogens is 1. The molecule has 0 spiro atoms. The van der Waals surface area contributed by atoms with Crippen LogP contribution in [-0.2, 0) is 4.79 Å². The molecule has 5 nitrogen and oxygen atoms in total. The van der Waals surface area contributed by atoms with E-state index >= 15 is 0 Å². The molecule has 1 amide bonds. The topological polar surface area (TPSA) is 73.7 Å². The van der Waals surface area contributed by atoms with E-state index in [1.54, 1.807) is 30.3 Å². The summed E-state index contributed by atoms with van der Waals surface area (Å²) in [5.41, 5.74) is 3.76. The van der Waals surface area contributed by atoms with Crippen LogP contribution in [0, 0.1) is 0 Å². The monoisotopic (exact) mass is 303 g/mol. The predicted molar refractivity (Wildman–Crippen MR) is 83.8 cm³/mol. The van der Waals surface area contributed by atoms with Crippen LogP contribution in [0.25, 0.3) is 0 Å². The van der Waals surface area contributed by atoms with E-state index in [9.17, 15) is 9.90 Å². The van der Waals surface area contributed by atoms with E-state index in [0.717, 1.165) is 0 Å². The van der Waals surface area contributed by atoms with Crippen molar-refractivity contribution in [1.82, 2.24) is 5.43 Å². The molecule has 0 bridgehead atoms. The minimum absolute atomic E-state index is 0.0567. The molecule has 2 aromatic rings. The van der Waals surface area contributed by atoms with Crippen molar-refractivity contribution in [3.63, 3.8) is 0 Å². The highest BCUT2D eigenvalue weighted by Gasteiger charge is 2.02. The van der Waals surface area contributed by atoms with E-state index in [2.05, 4.69) is 15.8 Å². The predicted octanol–water partition coefficient (Wildman–Crippen LogP) is 2.61. The van der Waals surface area contributed by atoms with E-state index < -0.39 is 0 Å². The second-order valence-electron chi connectivity index (χ2n) is 4.22. The number of carbonyl (C=O) groups excluding carboxylic acids is 1. The third kappa shape index (κ3) is 4.81. The number of aromatic hydroxyl groups is 1. The summed E-state index contributed by atoms with van der Waals surface area (Å²) in [6.45, 7) is 0.0567. The van der Waals surface area contributed by atoms with Crippen molar-refractivity contribution in [2.75, 3.05) is 11.9 Å². The number of hydrogen-bond donors (Lipinski definition) is 3. The average molecular weight is 304 g/mol. The van der Waals surface area contributed by atoms with Gasteiger partial charge in [0.1, 0.15) is 5.75 Å². The smallest absolute Gasteiger partial charge is 0.259 e. The first-order valence-electron chi connectivity index (χ1n) is 6.24. The molecule has 0 radical (unpaired) electrons. The number of amides is 1. The maximum absolute atomic E-state index is 11.6. The first kappa shape index (κ1) is 14.9. The van der Waals surface area contributed by atoms with Gasteiger partial charge in [-0.05, 0) is 29.8 Å². The molecule has 0 fully saturated rings. The highest BCUT2D eigenvalue weighted by molar-refractivity contribution is 6.33. The molecule has 0 aliphatic rings. The maximum Gasteiger partial charge on any atom is 0.259 e. The molecule has 0 atom stereocenters. The SMILES string of the molecule is O=C(CNc1ccccc1Cl)NN=Cc1cccc(O)c1. The van der Waals surface area contributed by atoms with Gasteiger partial charge in [-0.3, -0.25) is 4.79 Å². The number of hydrazone groups is 1. The molecule has 0 aliphatic carbocycles. The molecule has 6 heteroatoms. The Kier molecular flexibility index (Phi) is 5.17. The first-order chi connectivity index (χ1) is 10.1. The van der Waals surface area contributed by atoms with Crippen molar-refractivity contribution in [2.45, 2.75) is 0 Å². The summed E-state index contributed by atoms with van der Waals surface area (Å²) < 4.78 is 0. The zero-order chi connectivity index (χ0) is 15.1. The van der Waals surface area contributed by atoms with Gasteiger partial charge in [-0.1, -0.05) is 35.9 Å². The number of nitrogens with one attached hydrogen (secondary N) is 2. The number of nitrogens with zero attached hydrogens (tertiary/aromatic N) is 1. The lowest BCUT2D eigenvalue weighted by Gasteiger charge is -2.06. The van der Waals surface area contributed by atoms with Crippen LogP contribution in [0.15, 0.2) is 53.6 Å². The van der Waals surface area contributed by atoms with E-state index in [0.29, 0.717) is 16.3 Å². The van der Waals surface area contributed by atoms with Gasteiger partial charge in [0.2, 0.25) is 0 Å². The van der Waals surface area contributed by atoms with E-state index in [1.807, 2.05) is 12.1 Å². The minimum atomic E-state index is -0.300. The summed E-state index contributed by atoms with van der Waals surface area (Å²) >= 11 is 5.96. The lowest BCUT2D eigenvalue weighted by atomic mass is 10.2. The Morgan fingerprint density at radius 2 is 2.05 bits per heavy atom. The molecule has 2 aromatic carbocycles. The fourth-order valence-electron chi connectivity index (χ4n) is 1.60. The molecule has 0 aliphatic heterocycles. The van der Waals surface area contributed by atoms with Crippen molar-refractivity contribution < 1.29 is 9.90 Å². The molecule has 0 heterocycles. The van der Waals surface area contributed by atoms with E-state index in [4.69, 9.17) is 11.6 Å². The number of rotatable bonds is 5. The Labute approximate surface area is 127 Å². The van der Waals surface area contributed by atoms with Crippen molar-refractivity contribution in [3.8, 4) is 5.75 Å². The lowest BCUT2D eigenvalue weighted by Crippen LogP contribution is -2.25. The normalized spacial score (nSPS) is 10.5. The van der Waals surface area contributed by atoms with Crippen LogP contribution in [0.1, 0.15) is 5.56 Å². The van der Waals surface area contributed by atoms with E-state index in [1.165, 1.54) is 12.3 Å². The Hall–Kier alpha value is -2.53. The van der Waals surface area contributed by atoms with Crippen LogP contribution in [-0.4, -0.2) is 23.8 Å². The standard InChI is InChI=1S/C15H14ClN3O2/c16-13-6-1-2-7-14(13)17-10-15(21)19-18-9-11-4-3-5-12(20)8-11/h1-9,17,20H,10H2,(H,19,21). The second-order valence-corrected chi connectivity index (χ2v) is 4.63. The maximum atomic E-state index is 11.6. The molecule has 21 heavy (non-hydrogen) atoms. The van der Waals surface area contributed by atoms with Gasteiger partial charge in [-0.15, -0.1) is 0 Å². The highest BCUT2D eigenvalue weighted by atomic mass is 35.5. The number of para-hydroxylation sites is 1. The van der Waals surface area contributed by atoms with Crippen LogP contribution in [0.2, 0.25) is 5.02 Å². The molecule has 0 saturated carbocycles. The number of anilines is 1. The molecular formula is C15H14ClN3O2. The Morgan fingerprint density at radius 3 is 2.81 bits per heavy atom. The molecular weight excluding hydrogens is 290 g/mol. The summed E-state index contributed by atoms with van der Waals surface area (Å²) in [4.78, 5) is 11.6. The van der Waals surface area contributed by atoms with Crippen LogP contribution < -0.4 is 10.7 Å². The van der Waals surface area contributed by atoms with Gasteiger partial charge in [0, 0.05) is 0 Å². The van der Waals surface area contributed by atoms with Crippen molar-refractivity contribution in [1.29, 1.82) is 0 Å². The number of carbonyl (C=O) groups is 1. The zero-order valence-corrected chi connectivity index (χ0v) is 11.8. The molecule has 0 saturated heterocycles. The van der Waals surface area contributed by atoms with Crippen LogP contribution in [0.4, 0.5) is 5.69 Å². The van der Waals surface area contributed by atoms with Crippen molar-refractivity contribution >= 4 is 29.4 Å². The van der Waals surface area contributed by atoms with Crippen LogP contribution in [0.5, 0.6) is 5.75 Å². The third-order valence-corrected chi connectivity index (χ3v) is 2.92. The van der Waals surface area contributed by atoms with Gasteiger partial charge < -0.3 is 10.4 Å². The highest BCUT2D eigenvalue weighted by Crippen LogP contribution is 2.19. The van der Waals surface area contributed by atoms with Gasteiger partial charge in [0.05, 0.1) is 23.5 Å². The molecule has 2 rings (SSSR count). The largest absolute Gasteiger partial charge is 0.508 e. The summed E-state index contributed by atoms with van der Waals surface area (Å²) in [7, 11) is 0. The van der Waals surface area contributed by atoms with Gasteiger partial charge in [0.25, 0.3) is 5.91 Å². The number of benzene rings is 2. The number of phenols is 1. The first-order valence-corrected chi connectivity index (χ1v) is 6.62. The minimum Gasteiger partial charge on any atom is -0.508 e. The molecule has 3 N–H and O–H groups in total. The molecule has 0 unspecified atom stereocenters. The fraction of sp³-hybridized carbons (Fsp3) is 0.0667. The third-order valence-electron chi connectivity index (χ3n) is 2.59. The average Bonchev–Trinajstić information content (AvgIpc) is 2.46. The zero-order valence-electron chi connectivity index (χ0n) is 11.1. The van der Waals surface area contributed by atoms with Gasteiger partial charge in [-0.25, -0.2) is 5.43 Å². The quantitative estimate of drug-likeness (QED) is 0.587. The summed E-state index contributed by atoms with van der Waals surface area (Å²) in [6.07, 6.45) is 1.45. The van der Waals surface area contributed by atoms with E-state index in [-0.39, 0.29) is 18.2 Å². The summed E-state index contributed by atoms with van der Waals surface area (Å²) in [5, 5.41) is 16.6. The number of hydrogen-bond acceptors (Lipinski definition) is 4. The Bertz CT molecular complexity index is 659. The number of phenolic OH excluding ortho intramolecular Hbond substituents is 1. The van der Waals surface area contributed by atoms with Gasteiger partial charge >= 0.3 is 0 Å². The Balaban J connectivity index is 1.81. The Morgan fingerprint density at radius 1 is 1.24 bits per heavy atom. The molecule has 108 valence electrons. The summed E-state index contributed by atoms with van der Waals surface area (Å²) in [5.74, 6) is -0.156. The van der Waals surface area contributed by atoms with Gasteiger partial charge in [-0.2, -0.15) is 5.10 Å². The summed E-state index contributed by atoms with van der Waals surface area (Å²) in [6, 6.07) is 13.7. The van der Waals surface area contributed by atoms with Crippen LogP contribution in [0.3, 0.4) is 0 Å². The lowest BCUT2D eigenvalue weighted by molar-refractivity contribution is -0.119. The second kappa shape index (κ2) is 7.31. The van der Waals surface area contributed by atoms with Crippen molar-refractivity contribution in [2.24, 2.45) is 5.10 Å². The molecule has 0 aromatic heterocycles. The fourth-order valence-corrected chi connectivity index (χ4v) is 1.81.